The maximum atomic E-state index is 12.8. The second kappa shape index (κ2) is 9.56. The number of benzene rings is 3. The van der Waals surface area contributed by atoms with Gasteiger partial charge in [-0.3, -0.25) is 4.79 Å². The second-order valence-corrected chi connectivity index (χ2v) is 8.15. The van der Waals surface area contributed by atoms with Crippen LogP contribution in [-0.4, -0.2) is 31.7 Å². The largest absolute Gasteiger partial charge is 0.493 e. The van der Waals surface area contributed by atoms with Crippen LogP contribution in [0.5, 0.6) is 11.5 Å². The third-order valence-electron chi connectivity index (χ3n) is 4.64. The van der Waals surface area contributed by atoms with Crippen LogP contribution in [0, 0.1) is 0 Å². The average molecular weight is 434 g/mol. The second-order valence-electron chi connectivity index (χ2n) is 8.15. The highest BCUT2D eigenvalue weighted by Gasteiger charge is 2.22. The Morgan fingerprint density at radius 2 is 1.41 bits per heavy atom. The number of amides is 1. The van der Waals surface area contributed by atoms with Gasteiger partial charge < -0.3 is 19.5 Å². The van der Waals surface area contributed by atoms with E-state index in [2.05, 4.69) is 5.32 Å². The topological polar surface area (TPSA) is 73.9 Å². The summed E-state index contributed by atoms with van der Waals surface area (Å²) in [7, 11) is 3.14. The fourth-order valence-corrected chi connectivity index (χ4v) is 3.14. The van der Waals surface area contributed by atoms with Crippen molar-refractivity contribution in [3.8, 4) is 22.6 Å². The first-order valence-corrected chi connectivity index (χ1v) is 10.2. The summed E-state index contributed by atoms with van der Waals surface area (Å²) < 4.78 is 16.2. The maximum absolute atomic E-state index is 12.8. The highest BCUT2D eigenvalue weighted by Crippen LogP contribution is 2.34. The zero-order valence-electron chi connectivity index (χ0n) is 18.9. The zero-order valence-corrected chi connectivity index (χ0v) is 18.9. The minimum Gasteiger partial charge on any atom is -0.493 e. The van der Waals surface area contributed by atoms with Crippen LogP contribution in [0.4, 0.5) is 5.69 Å². The summed E-state index contributed by atoms with van der Waals surface area (Å²) in [6.45, 7) is 5.39. The van der Waals surface area contributed by atoms with Crippen molar-refractivity contribution >= 4 is 17.6 Å². The molecule has 0 aliphatic rings. The number of hydrogen-bond donors (Lipinski definition) is 1. The Balaban J connectivity index is 2.04. The van der Waals surface area contributed by atoms with Crippen LogP contribution in [0.25, 0.3) is 11.1 Å². The van der Waals surface area contributed by atoms with E-state index in [4.69, 9.17) is 14.2 Å². The Morgan fingerprint density at radius 1 is 0.781 bits per heavy atom. The van der Waals surface area contributed by atoms with E-state index in [-0.39, 0.29) is 11.5 Å². The van der Waals surface area contributed by atoms with Gasteiger partial charge >= 0.3 is 5.97 Å². The first-order chi connectivity index (χ1) is 15.2. The molecule has 0 aromatic heterocycles. The van der Waals surface area contributed by atoms with Crippen molar-refractivity contribution in [1.82, 2.24) is 0 Å². The van der Waals surface area contributed by atoms with Crippen molar-refractivity contribution in [1.29, 1.82) is 0 Å². The normalized spacial score (nSPS) is 10.9. The molecule has 0 fully saturated rings. The van der Waals surface area contributed by atoms with Crippen molar-refractivity contribution < 1.29 is 23.8 Å². The van der Waals surface area contributed by atoms with Gasteiger partial charge in [-0.25, -0.2) is 4.79 Å². The fraction of sp³-hybridized carbons (Fsp3) is 0.231. The van der Waals surface area contributed by atoms with Gasteiger partial charge in [-0.1, -0.05) is 30.3 Å². The summed E-state index contributed by atoms with van der Waals surface area (Å²) in [5.41, 5.74) is 2.09. The lowest BCUT2D eigenvalue weighted by atomic mass is 10.0. The predicted octanol–water partition coefficient (Wildman–Crippen LogP) is 5.58. The number of esters is 1. The highest BCUT2D eigenvalue weighted by molar-refractivity contribution is 6.08. The molecule has 6 nitrogen and oxygen atoms in total. The zero-order chi connectivity index (χ0) is 23.3. The van der Waals surface area contributed by atoms with E-state index in [1.54, 1.807) is 83.5 Å². The molecule has 32 heavy (non-hydrogen) atoms. The van der Waals surface area contributed by atoms with Gasteiger partial charge in [0, 0.05) is 5.56 Å². The molecule has 0 saturated heterocycles. The van der Waals surface area contributed by atoms with Gasteiger partial charge in [0.15, 0.2) is 11.5 Å². The Kier molecular flexibility index (Phi) is 6.83. The van der Waals surface area contributed by atoms with Crippen LogP contribution in [0.1, 0.15) is 41.5 Å². The fourth-order valence-electron chi connectivity index (χ4n) is 3.14. The molecule has 0 saturated carbocycles. The van der Waals surface area contributed by atoms with Crippen LogP contribution >= 0.6 is 0 Å². The highest BCUT2D eigenvalue weighted by atomic mass is 16.6. The standard InChI is InChI=1S/C26H27NO5/c1-26(2,3)32-25(29)20-13-11-18(19-12-14-22(30-4)23(16-19)31-5)15-21(20)27-24(28)17-9-7-6-8-10-17/h6-16H,1-5H3,(H,27,28). The predicted molar refractivity (Wildman–Crippen MR) is 125 cm³/mol. The van der Waals surface area contributed by atoms with E-state index in [1.807, 2.05) is 18.2 Å². The van der Waals surface area contributed by atoms with E-state index in [1.165, 1.54) is 0 Å². The lowest BCUT2D eigenvalue weighted by Gasteiger charge is -2.21. The van der Waals surface area contributed by atoms with Crippen LogP contribution in [-0.2, 0) is 4.74 Å². The number of hydrogen-bond acceptors (Lipinski definition) is 5. The van der Waals surface area contributed by atoms with E-state index in [9.17, 15) is 9.59 Å². The molecule has 0 aliphatic carbocycles. The van der Waals surface area contributed by atoms with Crippen LogP contribution in [0.2, 0.25) is 0 Å². The molecule has 3 aromatic carbocycles. The molecule has 3 aromatic rings. The molecule has 0 unspecified atom stereocenters. The van der Waals surface area contributed by atoms with Gasteiger partial charge in [-0.2, -0.15) is 0 Å². The molecule has 3 rings (SSSR count). The molecule has 0 spiro atoms. The quantitative estimate of drug-likeness (QED) is 0.514. The Bertz CT molecular complexity index is 1120. The Labute approximate surface area is 188 Å². The van der Waals surface area contributed by atoms with Crippen molar-refractivity contribution in [3.63, 3.8) is 0 Å². The molecule has 6 heteroatoms. The van der Waals surface area contributed by atoms with Crippen molar-refractivity contribution in [2.45, 2.75) is 26.4 Å². The van der Waals surface area contributed by atoms with Gasteiger partial charge in [0.1, 0.15) is 5.60 Å². The van der Waals surface area contributed by atoms with E-state index < -0.39 is 11.6 Å². The van der Waals surface area contributed by atoms with E-state index in [0.717, 1.165) is 11.1 Å². The number of ether oxygens (including phenoxy) is 3. The number of rotatable bonds is 6. The summed E-state index contributed by atoms with van der Waals surface area (Å²) in [5.74, 6) is 0.356. The molecule has 1 amide bonds. The Morgan fingerprint density at radius 3 is 2.03 bits per heavy atom. The van der Waals surface area contributed by atoms with Crippen molar-refractivity contribution in [2.24, 2.45) is 0 Å². The molecule has 0 heterocycles. The Hall–Kier alpha value is -3.80. The summed E-state index contributed by atoms with van der Waals surface area (Å²) >= 11 is 0. The first-order valence-electron chi connectivity index (χ1n) is 10.2. The number of carbonyl (C=O) groups excluding carboxylic acids is 2. The monoisotopic (exact) mass is 433 g/mol. The molecule has 0 radical (unpaired) electrons. The van der Waals surface area contributed by atoms with Gasteiger partial charge in [-0.15, -0.1) is 0 Å². The SMILES string of the molecule is COc1ccc(-c2ccc(C(=O)OC(C)(C)C)c(NC(=O)c3ccccc3)c2)cc1OC. The third kappa shape index (κ3) is 5.46. The minimum atomic E-state index is -0.667. The number of carbonyl (C=O) groups is 2. The minimum absolute atomic E-state index is 0.272. The number of anilines is 1. The summed E-state index contributed by atoms with van der Waals surface area (Å²) in [4.78, 5) is 25.6. The first kappa shape index (κ1) is 22.9. The van der Waals surface area contributed by atoms with Gasteiger partial charge in [-0.05, 0) is 68.3 Å². The molecular weight excluding hydrogens is 406 g/mol. The molecule has 166 valence electrons. The lowest BCUT2D eigenvalue weighted by molar-refractivity contribution is 0.00708. The molecule has 1 N–H and O–H groups in total. The van der Waals surface area contributed by atoms with Crippen molar-refractivity contribution in [2.75, 3.05) is 19.5 Å². The van der Waals surface area contributed by atoms with Crippen LogP contribution in [0.15, 0.2) is 66.7 Å². The van der Waals surface area contributed by atoms with Gasteiger partial charge in [0.05, 0.1) is 25.5 Å². The van der Waals surface area contributed by atoms with Gasteiger partial charge in [0.2, 0.25) is 0 Å². The van der Waals surface area contributed by atoms with Crippen molar-refractivity contribution in [3.05, 3.63) is 77.9 Å². The molecular formula is C26H27NO5. The molecule has 0 atom stereocenters. The third-order valence-corrected chi connectivity index (χ3v) is 4.64. The average Bonchev–Trinajstić information content (AvgIpc) is 2.77. The summed E-state index contributed by atoms with van der Waals surface area (Å²) in [6.07, 6.45) is 0. The summed E-state index contributed by atoms with van der Waals surface area (Å²) in [5, 5.41) is 2.86. The summed E-state index contributed by atoms with van der Waals surface area (Å²) in [6, 6.07) is 19.5. The van der Waals surface area contributed by atoms with Crippen LogP contribution < -0.4 is 14.8 Å². The maximum Gasteiger partial charge on any atom is 0.340 e. The number of nitrogens with one attached hydrogen (secondary N) is 1. The molecule has 0 bridgehead atoms. The van der Waals surface area contributed by atoms with E-state index in [0.29, 0.717) is 22.7 Å². The molecule has 0 aliphatic heterocycles. The van der Waals surface area contributed by atoms with E-state index >= 15 is 0 Å². The van der Waals surface area contributed by atoms with Crippen LogP contribution in [0.3, 0.4) is 0 Å². The van der Waals surface area contributed by atoms with Gasteiger partial charge in [0.25, 0.3) is 5.91 Å². The lowest BCUT2D eigenvalue weighted by Crippen LogP contribution is -2.25. The number of methoxy groups -OCH3 is 2. The smallest absolute Gasteiger partial charge is 0.340 e.